The summed E-state index contributed by atoms with van der Waals surface area (Å²) in [6.07, 6.45) is 2.84. The Kier molecular flexibility index (Phi) is 4.49. The number of halogens is 2. The number of rotatable bonds is 2. The molecule has 0 spiro atoms. The monoisotopic (exact) mass is 300 g/mol. The number of hydrogen-bond donors (Lipinski definition) is 1. The maximum atomic E-state index is 10.4. The summed E-state index contributed by atoms with van der Waals surface area (Å²) in [5.41, 5.74) is 0.877. The molecule has 1 nitrogen and oxygen atoms in total. The molecule has 1 fully saturated rings. The van der Waals surface area contributed by atoms with Gasteiger partial charge in [-0.1, -0.05) is 50.4 Å². The molecule has 1 aromatic rings. The van der Waals surface area contributed by atoms with Gasteiger partial charge in [-0.15, -0.1) is 0 Å². The van der Waals surface area contributed by atoms with Crippen LogP contribution in [0.3, 0.4) is 0 Å². The van der Waals surface area contributed by atoms with Gasteiger partial charge in [0.15, 0.2) is 0 Å². The van der Waals surface area contributed by atoms with Crippen molar-refractivity contribution in [2.24, 2.45) is 11.8 Å². The highest BCUT2D eigenvalue weighted by Crippen LogP contribution is 2.44. The first-order valence-electron chi connectivity index (χ1n) is 6.96. The van der Waals surface area contributed by atoms with Crippen molar-refractivity contribution in [3.8, 4) is 0 Å². The fourth-order valence-corrected chi connectivity index (χ4v) is 3.92. The number of aliphatic hydroxyl groups excluding tert-OH is 1. The number of aliphatic hydroxyl groups is 1. The Labute approximate surface area is 125 Å². The van der Waals surface area contributed by atoms with Gasteiger partial charge < -0.3 is 5.11 Å². The van der Waals surface area contributed by atoms with Crippen molar-refractivity contribution in [3.63, 3.8) is 0 Å². The van der Waals surface area contributed by atoms with Crippen LogP contribution in [0.2, 0.25) is 10.0 Å². The van der Waals surface area contributed by atoms with Crippen molar-refractivity contribution in [1.29, 1.82) is 0 Å². The molecule has 0 saturated heterocycles. The summed E-state index contributed by atoms with van der Waals surface area (Å²) >= 11 is 12.4. The molecular formula is C16H22Cl2O. The van der Waals surface area contributed by atoms with E-state index in [1.165, 1.54) is 6.42 Å². The van der Waals surface area contributed by atoms with E-state index in [0.717, 1.165) is 23.4 Å². The molecule has 3 unspecified atom stereocenters. The topological polar surface area (TPSA) is 20.2 Å². The predicted octanol–water partition coefficient (Wildman–Crippen LogP) is 5.07. The Morgan fingerprint density at radius 3 is 2.53 bits per heavy atom. The third-order valence-corrected chi connectivity index (χ3v) is 5.19. The molecule has 1 saturated carbocycles. The standard InChI is InChI=1S/C16H22Cl2O/c1-10-4-6-12(15(19)8-10)16(2,3)13-9-11(17)5-7-14(13)18/h5,7,9-10,12,15,19H,4,6,8H2,1-3H3. The van der Waals surface area contributed by atoms with E-state index in [2.05, 4.69) is 20.8 Å². The van der Waals surface area contributed by atoms with Gasteiger partial charge in [0.05, 0.1) is 6.10 Å². The van der Waals surface area contributed by atoms with Crippen LogP contribution in [0, 0.1) is 11.8 Å². The number of hydrogen-bond acceptors (Lipinski definition) is 1. The number of benzene rings is 1. The predicted molar refractivity (Wildman–Crippen MR) is 82.0 cm³/mol. The van der Waals surface area contributed by atoms with Crippen LogP contribution >= 0.6 is 23.2 Å². The van der Waals surface area contributed by atoms with Crippen molar-refractivity contribution in [1.82, 2.24) is 0 Å². The molecule has 1 aromatic carbocycles. The molecule has 2 rings (SSSR count). The summed E-state index contributed by atoms with van der Waals surface area (Å²) < 4.78 is 0. The second-order valence-corrected chi connectivity index (χ2v) is 7.28. The van der Waals surface area contributed by atoms with Gasteiger partial charge >= 0.3 is 0 Å². The molecule has 0 heterocycles. The smallest absolute Gasteiger partial charge is 0.0579 e. The average molecular weight is 301 g/mol. The molecule has 1 N–H and O–H groups in total. The van der Waals surface area contributed by atoms with E-state index in [0.29, 0.717) is 10.9 Å². The zero-order valence-corrected chi connectivity index (χ0v) is 13.3. The van der Waals surface area contributed by atoms with E-state index < -0.39 is 0 Å². The molecule has 0 aliphatic heterocycles. The van der Waals surface area contributed by atoms with Crippen LogP contribution < -0.4 is 0 Å². The van der Waals surface area contributed by atoms with Gasteiger partial charge in [-0.3, -0.25) is 0 Å². The van der Waals surface area contributed by atoms with Crippen LogP contribution in [0.15, 0.2) is 18.2 Å². The Morgan fingerprint density at radius 1 is 1.21 bits per heavy atom. The maximum absolute atomic E-state index is 10.4. The van der Waals surface area contributed by atoms with E-state index >= 15 is 0 Å². The van der Waals surface area contributed by atoms with Gasteiger partial charge in [-0.25, -0.2) is 0 Å². The van der Waals surface area contributed by atoms with Gasteiger partial charge in [0, 0.05) is 10.0 Å². The van der Waals surface area contributed by atoms with Crippen molar-refractivity contribution >= 4 is 23.2 Å². The minimum absolute atomic E-state index is 0.165. The first-order valence-corrected chi connectivity index (χ1v) is 7.71. The lowest BCUT2D eigenvalue weighted by molar-refractivity contribution is 0.0144. The Morgan fingerprint density at radius 2 is 1.89 bits per heavy atom. The molecule has 0 amide bonds. The summed E-state index contributed by atoms with van der Waals surface area (Å²) in [6, 6.07) is 5.59. The van der Waals surface area contributed by atoms with Crippen LogP contribution in [-0.2, 0) is 5.41 Å². The van der Waals surface area contributed by atoms with Gasteiger partial charge in [-0.2, -0.15) is 0 Å². The second kappa shape index (κ2) is 5.63. The Balaban J connectivity index is 2.33. The lowest BCUT2D eigenvalue weighted by atomic mass is 9.64. The molecule has 0 bridgehead atoms. The fraction of sp³-hybridized carbons (Fsp3) is 0.625. The average Bonchev–Trinajstić information content (AvgIpc) is 2.31. The molecule has 106 valence electrons. The lowest BCUT2D eigenvalue weighted by Gasteiger charge is -2.42. The van der Waals surface area contributed by atoms with Crippen molar-refractivity contribution in [2.45, 2.75) is 51.6 Å². The quantitative estimate of drug-likeness (QED) is 0.808. The molecule has 19 heavy (non-hydrogen) atoms. The van der Waals surface area contributed by atoms with Gasteiger partial charge in [0.1, 0.15) is 0 Å². The highest BCUT2D eigenvalue weighted by molar-refractivity contribution is 6.33. The summed E-state index contributed by atoms with van der Waals surface area (Å²) in [7, 11) is 0. The molecular weight excluding hydrogens is 279 g/mol. The molecule has 3 heteroatoms. The van der Waals surface area contributed by atoms with Crippen LogP contribution in [0.5, 0.6) is 0 Å². The van der Waals surface area contributed by atoms with E-state index in [-0.39, 0.29) is 17.4 Å². The van der Waals surface area contributed by atoms with Gasteiger partial charge in [0.25, 0.3) is 0 Å². The Hall–Kier alpha value is -0.240. The molecule has 1 aliphatic rings. The van der Waals surface area contributed by atoms with Crippen LogP contribution in [0.1, 0.15) is 45.6 Å². The summed E-state index contributed by atoms with van der Waals surface area (Å²) in [6.45, 7) is 6.53. The second-order valence-electron chi connectivity index (χ2n) is 6.44. The van der Waals surface area contributed by atoms with Gasteiger partial charge in [0.2, 0.25) is 0 Å². The van der Waals surface area contributed by atoms with Crippen molar-refractivity contribution < 1.29 is 5.11 Å². The zero-order valence-electron chi connectivity index (χ0n) is 11.8. The van der Waals surface area contributed by atoms with Crippen LogP contribution in [-0.4, -0.2) is 11.2 Å². The first-order chi connectivity index (χ1) is 8.82. The zero-order chi connectivity index (χ0) is 14.2. The molecule has 0 aromatic heterocycles. The molecule has 3 atom stereocenters. The summed E-state index contributed by atoms with van der Waals surface area (Å²) in [4.78, 5) is 0. The molecule has 1 aliphatic carbocycles. The first kappa shape index (κ1) is 15.2. The summed E-state index contributed by atoms with van der Waals surface area (Å²) in [5.74, 6) is 0.844. The SMILES string of the molecule is CC1CCC(C(C)(C)c2cc(Cl)ccc2Cl)C(O)C1. The van der Waals surface area contributed by atoms with Crippen LogP contribution in [0.25, 0.3) is 0 Å². The van der Waals surface area contributed by atoms with Gasteiger partial charge in [-0.05, 0) is 53.9 Å². The van der Waals surface area contributed by atoms with Crippen molar-refractivity contribution in [2.75, 3.05) is 0 Å². The Bertz CT molecular complexity index is 456. The lowest BCUT2D eigenvalue weighted by Crippen LogP contribution is -2.41. The van der Waals surface area contributed by atoms with E-state index in [1.54, 1.807) is 0 Å². The normalized spacial score (nSPS) is 28.4. The van der Waals surface area contributed by atoms with E-state index in [4.69, 9.17) is 23.2 Å². The van der Waals surface area contributed by atoms with Crippen molar-refractivity contribution in [3.05, 3.63) is 33.8 Å². The van der Waals surface area contributed by atoms with Crippen LogP contribution in [0.4, 0.5) is 0 Å². The third-order valence-electron chi connectivity index (χ3n) is 4.63. The third kappa shape index (κ3) is 3.09. The maximum Gasteiger partial charge on any atom is 0.0579 e. The minimum Gasteiger partial charge on any atom is -0.393 e. The van der Waals surface area contributed by atoms with E-state index in [1.807, 2.05) is 18.2 Å². The molecule has 0 radical (unpaired) electrons. The largest absolute Gasteiger partial charge is 0.393 e. The highest BCUT2D eigenvalue weighted by Gasteiger charge is 2.40. The summed E-state index contributed by atoms with van der Waals surface area (Å²) in [5, 5.41) is 11.9. The van der Waals surface area contributed by atoms with E-state index in [9.17, 15) is 5.11 Å². The minimum atomic E-state index is -0.256. The fourth-order valence-electron chi connectivity index (χ4n) is 3.38. The highest BCUT2D eigenvalue weighted by atomic mass is 35.5.